The highest BCUT2D eigenvalue weighted by Crippen LogP contribution is 2.15. The highest BCUT2D eigenvalue weighted by Gasteiger charge is 2.16. The molecule has 81 valence electrons. The van der Waals surface area contributed by atoms with Crippen molar-refractivity contribution in [3.05, 3.63) is 29.3 Å². The zero-order valence-electron chi connectivity index (χ0n) is 8.93. The van der Waals surface area contributed by atoms with Crippen LogP contribution in [0.25, 0.3) is 0 Å². The van der Waals surface area contributed by atoms with E-state index in [0.29, 0.717) is 10.7 Å². The Labute approximate surface area is 94.4 Å². The summed E-state index contributed by atoms with van der Waals surface area (Å²) >= 11 is 5.75. The van der Waals surface area contributed by atoms with E-state index in [0.717, 1.165) is 0 Å². The normalized spacial score (nSPS) is 10.9. The SMILES string of the molecule is CC(C)(C)OC(=O)Nc1[c]ccc(Cl)c1. The minimum Gasteiger partial charge on any atom is -0.444 e. The number of benzene rings is 1. The molecule has 0 aromatic heterocycles. The predicted octanol–water partition coefficient (Wildman–Crippen LogP) is 3.49. The number of halogens is 1. The Balaban J connectivity index is 2.59. The maximum atomic E-state index is 11.3. The highest BCUT2D eigenvalue weighted by molar-refractivity contribution is 6.30. The maximum Gasteiger partial charge on any atom is 0.412 e. The van der Waals surface area contributed by atoms with Crippen molar-refractivity contribution in [1.29, 1.82) is 0 Å². The van der Waals surface area contributed by atoms with Gasteiger partial charge in [0.05, 0.1) is 5.69 Å². The van der Waals surface area contributed by atoms with Gasteiger partial charge in [0.25, 0.3) is 0 Å². The van der Waals surface area contributed by atoms with Crippen LogP contribution in [0.4, 0.5) is 10.5 Å². The van der Waals surface area contributed by atoms with Crippen molar-refractivity contribution in [3.8, 4) is 0 Å². The van der Waals surface area contributed by atoms with Crippen LogP contribution in [0.1, 0.15) is 20.8 Å². The Morgan fingerprint density at radius 3 is 2.73 bits per heavy atom. The number of hydrogen-bond donors (Lipinski definition) is 1. The van der Waals surface area contributed by atoms with Crippen LogP contribution >= 0.6 is 11.6 Å². The molecule has 0 unspecified atom stereocenters. The third-order valence-corrected chi connectivity index (χ3v) is 1.63. The van der Waals surface area contributed by atoms with Crippen molar-refractivity contribution in [2.45, 2.75) is 26.4 Å². The molecule has 0 fully saturated rings. The van der Waals surface area contributed by atoms with Crippen molar-refractivity contribution >= 4 is 23.4 Å². The molecule has 1 aromatic rings. The first-order valence-corrected chi connectivity index (χ1v) is 4.92. The fraction of sp³-hybridized carbons (Fsp3) is 0.364. The second kappa shape index (κ2) is 4.53. The van der Waals surface area contributed by atoms with Gasteiger partial charge in [-0.25, -0.2) is 4.79 Å². The van der Waals surface area contributed by atoms with Crippen molar-refractivity contribution < 1.29 is 9.53 Å². The van der Waals surface area contributed by atoms with Crippen LogP contribution in [0.2, 0.25) is 5.02 Å². The zero-order valence-corrected chi connectivity index (χ0v) is 9.68. The molecule has 0 heterocycles. The van der Waals surface area contributed by atoms with Gasteiger partial charge >= 0.3 is 6.09 Å². The van der Waals surface area contributed by atoms with E-state index in [1.165, 1.54) is 0 Å². The van der Waals surface area contributed by atoms with Crippen LogP contribution in [0, 0.1) is 6.07 Å². The zero-order chi connectivity index (χ0) is 11.5. The minimum absolute atomic E-state index is 0.497. The van der Waals surface area contributed by atoms with Gasteiger partial charge in [-0.1, -0.05) is 17.7 Å². The smallest absolute Gasteiger partial charge is 0.412 e. The Hall–Kier alpha value is -1.22. The Morgan fingerprint density at radius 2 is 2.20 bits per heavy atom. The summed E-state index contributed by atoms with van der Waals surface area (Å²) in [5.74, 6) is 0. The first kappa shape index (κ1) is 11.9. The molecular formula is C11H13ClNO2. The Bertz CT molecular complexity index is 358. The number of carbonyl (C=O) groups is 1. The summed E-state index contributed by atoms with van der Waals surface area (Å²) in [6.45, 7) is 5.40. The van der Waals surface area contributed by atoms with E-state index in [1.807, 2.05) is 0 Å². The lowest BCUT2D eigenvalue weighted by Crippen LogP contribution is -2.27. The van der Waals surface area contributed by atoms with Gasteiger partial charge in [-0.2, -0.15) is 0 Å². The van der Waals surface area contributed by atoms with Gasteiger partial charge in [0.2, 0.25) is 0 Å². The lowest BCUT2D eigenvalue weighted by molar-refractivity contribution is 0.0636. The second-order valence-electron chi connectivity index (χ2n) is 4.05. The van der Waals surface area contributed by atoms with Gasteiger partial charge < -0.3 is 4.74 Å². The van der Waals surface area contributed by atoms with E-state index in [9.17, 15) is 4.79 Å². The lowest BCUT2D eigenvalue weighted by atomic mass is 10.2. The number of carbonyl (C=O) groups excluding carboxylic acids is 1. The van der Waals surface area contributed by atoms with Crippen LogP contribution in [0.5, 0.6) is 0 Å². The lowest BCUT2D eigenvalue weighted by Gasteiger charge is -2.19. The molecule has 0 bridgehead atoms. The first-order valence-electron chi connectivity index (χ1n) is 4.54. The van der Waals surface area contributed by atoms with E-state index in [2.05, 4.69) is 11.4 Å². The van der Waals surface area contributed by atoms with Crippen LogP contribution in [0.15, 0.2) is 18.2 Å². The van der Waals surface area contributed by atoms with E-state index < -0.39 is 11.7 Å². The molecule has 1 radical (unpaired) electrons. The molecule has 0 aliphatic carbocycles. The van der Waals surface area contributed by atoms with Gasteiger partial charge in [0, 0.05) is 11.1 Å². The number of nitrogens with one attached hydrogen (secondary N) is 1. The molecule has 0 spiro atoms. The fourth-order valence-corrected chi connectivity index (χ4v) is 1.10. The molecule has 0 saturated carbocycles. The van der Waals surface area contributed by atoms with Crippen molar-refractivity contribution in [1.82, 2.24) is 0 Å². The summed E-state index contributed by atoms with van der Waals surface area (Å²) in [5.41, 5.74) is -0.0143. The van der Waals surface area contributed by atoms with Crippen LogP contribution in [-0.2, 0) is 4.74 Å². The topological polar surface area (TPSA) is 38.3 Å². The number of hydrogen-bond acceptors (Lipinski definition) is 2. The van der Waals surface area contributed by atoms with Gasteiger partial charge in [-0.3, -0.25) is 5.32 Å². The summed E-state index contributed by atoms with van der Waals surface area (Å²) in [5, 5.41) is 3.08. The summed E-state index contributed by atoms with van der Waals surface area (Å²) < 4.78 is 5.07. The molecule has 1 rings (SSSR count). The van der Waals surface area contributed by atoms with E-state index in [-0.39, 0.29) is 0 Å². The second-order valence-corrected chi connectivity index (χ2v) is 4.48. The third-order valence-electron chi connectivity index (χ3n) is 1.40. The van der Waals surface area contributed by atoms with Crippen molar-refractivity contribution in [3.63, 3.8) is 0 Å². The third kappa shape index (κ3) is 4.70. The van der Waals surface area contributed by atoms with Gasteiger partial charge in [0.1, 0.15) is 5.60 Å². The van der Waals surface area contributed by atoms with Gasteiger partial charge in [-0.05, 0) is 32.9 Å². The molecule has 0 atom stereocenters. The predicted molar refractivity (Wildman–Crippen MR) is 60.1 cm³/mol. The van der Waals surface area contributed by atoms with Gasteiger partial charge in [-0.15, -0.1) is 0 Å². The standard InChI is InChI=1S/C11H13ClNO2/c1-11(2,3)15-10(14)13-9-6-4-5-8(12)7-9/h4-5,7H,1-3H3,(H,13,14). The first-order chi connectivity index (χ1) is 6.87. The summed E-state index contributed by atoms with van der Waals surface area (Å²) in [6, 6.07) is 7.75. The summed E-state index contributed by atoms with van der Waals surface area (Å²) in [4.78, 5) is 11.3. The van der Waals surface area contributed by atoms with E-state index in [4.69, 9.17) is 16.3 Å². The Kier molecular flexibility index (Phi) is 3.58. The fourth-order valence-electron chi connectivity index (χ4n) is 0.924. The molecule has 1 amide bonds. The molecule has 15 heavy (non-hydrogen) atoms. The quantitative estimate of drug-likeness (QED) is 0.796. The number of rotatable bonds is 1. The average molecular weight is 227 g/mol. The van der Waals surface area contributed by atoms with E-state index >= 15 is 0 Å². The maximum absolute atomic E-state index is 11.3. The molecule has 0 aliphatic rings. The number of amides is 1. The summed E-state index contributed by atoms with van der Waals surface area (Å²) in [7, 11) is 0. The van der Waals surface area contributed by atoms with Crippen LogP contribution in [0.3, 0.4) is 0 Å². The molecule has 0 aliphatic heterocycles. The van der Waals surface area contributed by atoms with Crippen molar-refractivity contribution in [2.24, 2.45) is 0 Å². The number of anilines is 1. The molecule has 1 N–H and O–H groups in total. The number of ether oxygens (including phenoxy) is 1. The molecule has 3 nitrogen and oxygen atoms in total. The average Bonchev–Trinajstić information content (AvgIpc) is 1.99. The minimum atomic E-state index is -0.513. The Morgan fingerprint density at radius 1 is 1.53 bits per heavy atom. The summed E-state index contributed by atoms with van der Waals surface area (Å²) in [6.07, 6.45) is -0.513. The molecule has 1 aromatic carbocycles. The van der Waals surface area contributed by atoms with Crippen molar-refractivity contribution in [2.75, 3.05) is 5.32 Å². The van der Waals surface area contributed by atoms with Crippen LogP contribution < -0.4 is 5.32 Å². The van der Waals surface area contributed by atoms with Crippen LogP contribution in [-0.4, -0.2) is 11.7 Å². The molecule has 4 heteroatoms. The molecular weight excluding hydrogens is 214 g/mol. The highest BCUT2D eigenvalue weighted by atomic mass is 35.5. The monoisotopic (exact) mass is 226 g/mol. The molecule has 0 saturated heterocycles. The largest absolute Gasteiger partial charge is 0.444 e. The van der Waals surface area contributed by atoms with Gasteiger partial charge in [0.15, 0.2) is 0 Å². The van der Waals surface area contributed by atoms with E-state index in [1.54, 1.807) is 39.0 Å².